The second-order valence-electron chi connectivity index (χ2n) is 6.64. The highest BCUT2D eigenvalue weighted by Gasteiger charge is 2.51. The molecule has 1 atom stereocenters. The number of amides is 4. The molecule has 0 aliphatic carbocycles. The van der Waals surface area contributed by atoms with Gasteiger partial charge in [-0.3, -0.25) is 14.5 Å². The lowest BCUT2D eigenvalue weighted by molar-refractivity contribution is -0.134. The number of furan rings is 1. The Balaban J connectivity index is 1.69. The van der Waals surface area contributed by atoms with Gasteiger partial charge in [-0.25, -0.2) is 9.18 Å². The summed E-state index contributed by atoms with van der Waals surface area (Å²) in [4.78, 5) is 38.1. The number of hydrogen-bond donors (Lipinski definition) is 2. The van der Waals surface area contributed by atoms with E-state index in [0.29, 0.717) is 22.6 Å². The molecule has 4 amide bonds. The van der Waals surface area contributed by atoms with Crippen LogP contribution in [0.2, 0.25) is 0 Å². The summed E-state index contributed by atoms with van der Waals surface area (Å²) in [5, 5.41) is 5.15. The number of carbonyl (C=O) groups is 3. The summed E-state index contributed by atoms with van der Waals surface area (Å²) in [6.07, 6.45) is 0. The number of halogens is 1. The standard InChI is InChI=1S/C19H20FN3O4/c1-11-8-14(12(2)27-11)19(3)17(25)23(18(26)22-19)10-16(24)21-9-13-6-4-5-7-15(13)20/h4-8H,9-10H2,1-3H3,(H,21,24)(H,22,26). The van der Waals surface area contributed by atoms with E-state index >= 15 is 0 Å². The molecule has 142 valence electrons. The maximum absolute atomic E-state index is 13.6. The van der Waals surface area contributed by atoms with Crippen LogP contribution in [0.5, 0.6) is 0 Å². The van der Waals surface area contributed by atoms with E-state index in [1.807, 2.05) is 0 Å². The van der Waals surface area contributed by atoms with Gasteiger partial charge in [0.2, 0.25) is 5.91 Å². The van der Waals surface area contributed by atoms with Gasteiger partial charge in [-0.15, -0.1) is 0 Å². The SMILES string of the molecule is Cc1cc(C2(C)NC(=O)N(CC(=O)NCc3ccccc3F)C2=O)c(C)o1. The Morgan fingerprint density at radius 1 is 1.30 bits per heavy atom. The second-order valence-corrected chi connectivity index (χ2v) is 6.64. The molecule has 2 N–H and O–H groups in total. The van der Waals surface area contributed by atoms with Crippen LogP contribution in [-0.2, 0) is 21.7 Å². The second kappa shape index (κ2) is 6.86. The largest absolute Gasteiger partial charge is 0.466 e. The quantitative estimate of drug-likeness (QED) is 0.786. The number of imide groups is 1. The average molecular weight is 373 g/mol. The van der Waals surface area contributed by atoms with Gasteiger partial charge in [0.05, 0.1) is 0 Å². The van der Waals surface area contributed by atoms with Gasteiger partial charge in [-0.1, -0.05) is 18.2 Å². The molecule has 3 rings (SSSR count). The number of nitrogens with one attached hydrogen (secondary N) is 2. The van der Waals surface area contributed by atoms with E-state index in [4.69, 9.17) is 4.42 Å². The summed E-state index contributed by atoms with van der Waals surface area (Å²) in [7, 11) is 0. The predicted octanol–water partition coefficient (Wildman–Crippen LogP) is 2.12. The average Bonchev–Trinajstić information content (AvgIpc) is 3.06. The monoisotopic (exact) mass is 373 g/mol. The van der Waals surface area contributed by atoms with Crippen molar-refractivity contribution < 1.29 is 23.2 Å². The van der Waals surface area contributed by atoms with E-state index in [2.05, 4.69) is 10.6 Å². The van der Waals surface area contributed by atoms with Crippen LogP contribution in [0.25, 0.3) is 0 Å². The Labute approximate surface area is 155 Å². The number of carbonyl (C=O) groups excluding carboxylic acids is 3. The summed E-state index contributed by atoms with van der Waals surface area (Å²) in [5.41, 5.74) is -0.435. The zero-order chi connectivity index (χ0) is 19.8. The Kier molecular flexibility index (Phi) is 4.73. The zero-order valence-corrected chi connectivity index (χ0v) is 15.3. The van der Waals surface area contributed by atoms with Crippen LogP contribution in [-0.4, -0.2) is 29.3 Å². The third kappa shape index (κ3) is 3.42. The fourth-order valence-electron chi connectivity index (χ4n) is 3.19. The van der Waals surface area contributed by atoms with Crippen molar-refractivity contribution in [2.75, 3.05) is 6.54 Å². The predicted molar refractivity (Wildman–Crippen MR) is 94.0 cm³/mol. The topological polar surface area (TPSA) is 91.7 Å². The molecule has 1 fully saturated rings. The van der Waals surface area contributed by atoms with Crippen molar-refractivity contribution in [1.82, 2.24) is 15.5 Å². The van der Waals surface area contributed by atoms with Crippen molar-refractivity contribution >= 4 is 17.8 Å². The third-order valence-corrected chi connectivity index (χ3v) is 4.59. The van der Waals surface area contributed by atoms with Crippen LogP contribution in [0.3, 0.4) is 0 Å². The molecule has 1 aromatic heterocycles. The van der Waals surface area contributed by atoms with Crippen molar-refractivity contribution in [2.24, 2.45) is 0 Å². The number of nitrogens with zero attached hydrogens (tertiary/aromatic N) is 1. The highest BCUT2D eigenvalue weighted by Crippen LogP contribution is 2.32. The molecule has 0 bridgehead atoms. The van der Waals surface area contributed by atoms with Crippen LogP contribution < -0.4 is 10.6 Å². The van der Waals surface area contributed by atoms with E-state index < -0.39 is 35.7 Å². The molecule has 1 aromatic carbocycles. The van der Waals surface area contributed by atoms with E-state index in [0.717, 1.165) is 4.90 Å². The van der Waals surface area contributed by atoms with Gasteiger partial charge >= 0.3 is 6.03 Å². The molecule has 1 saturated heterocycles. The van der Waals surface area contributed by atoms with Gasteiger partial charge in [-0.05, 0) is 32.9 Å². The maximum Gasteiger partial charge on any atom is 0.325 e. The van der Waals surface area contributed by atoms with Gasteiger partial charge in [0.1, 0.15) is 29.4 Å². The molecule has 27 heavy (non-hydrogen) atoms. The molecular formula is C19H20FN3O4. The number of rotatable bonds is 5. The van der Waals surface area contributed by atoms with Crippen LogP contribution in [0, 0.1) is 19.7 Å². The smallest absolute Gasteiger partial charge is 0.325 e. The first-order valence-corrected chi connectivity index (χ1v) is 8.44. The highest BCUT2D eigenvalue weighted by molar-refractivity contribution is 6.09. The third-order valence-electron chi connectivity index (χ3n) is 4.59. The van der Waals surface area contributed by atoms with Crippen molar-refractivity contribution in [3.8, 4) is 0 Å². The van der Waals surface area contributed by atoms with E-state index in [9.17, 15) is 18.8 Å². The van der Waals surface area contributed by atoms with Crippen molar-refractivity contribution in [3.63, 3.8) is 0 Å². The molecule has 8 heteroatoms. The Bertz CT molecular complexity index is 923. The summed E-state index contributed by atoms with van der Waals surface area (Å²) in [5.74, 6) is -0.406. The minimum atomic E-state index is -1.30. The first-order valence-electron chi connectivity index (χ1n) is 8.44. The Hall–Kier alpha value is -3.16. The maximum atomic E-state index is 13.6. The number of aryl methyl sites for hydroxylation is 2. The van der Waals surface area contributed by atoms with Gasteiger partial charge in [0.25, 0.3) is 5.91 Å². The lowest BCUT2D eigenvalue weighted by Gasteiger charge is -2.21. The first-order chi connectivity index (χ1) is 12.7. The van der Waals surface area contributed by atoms with Gasteiger partial charge in [0.15, 0.2) is 0 Å². The molecule has 0 spiro atoms. The fraction of sp³-hybridized carbons (Fsp3) is 0.316. The Morgan fingerprint density at radius 2 is 2.00 bits per heavy atom. The summed E-state index contributed by atoms with van der Waals surface area (Å²) in [6, 6.07) is 7.07. The minimum absolute atomic E-state index is 0.0353. The molecule has 1 aliphatic rings. The molecule has 1 aliphatic heterocycles. The Morgan fingerprint density at radius 3 is 2.63 bits per heavy atom. The van der Waals surface area contributed by atoms with Gasteiger partial charge in [0, 0.05) is 17.7 Å². The number of benzene rings is 1. The van der Waals surface area contributed by atoms with Crippen LogP contribution in [0.1, 0.15) is 29.6 Å². The summed E-state index contributed by atoms with van der Waals surface area (Å²) in [6.45, 7) is 4.53. The molecule has 0 saturated carbocycles. The first kappa shape index (κ1) is 18.6. The van der Waals surface area contributed by atoms with Crippen LogP contribution in [0.15, 0.2) is 34.7 Å². The molecule has 2 aromatic rings. The fourth-order valence-corrected chi connectivity index (χ4v) is 3.19. The van der Waals surface area contributed by atoms with Gasteiger partial charge < -0.3 is 15.1 Å². The van der Waals surface area contributed by atoms with Crippen LogP contribution in [0.4, 0.5) is 9.18 Å². The molecule has 0 radical (unpaired) electrons. The molecule has 2 heterocycles. The molecule has 1 unspecified atom stereocenters. The number of hydrogen-bond acceptors (Lipinski definition) is 4. The lowest BCUT2D eigenvalue weighted by Crippen LogP contribution is -2.43. The van der Waals surface area contributed by atoms with Crippen LogP contribution >= 0.6 is 0 Å². The van der Waals surface area contributed by atoms with E-state index in [1.165, 1.54) is 6.07 Å². The molecule has 7 nitrogen and oxygen atoms in total. The van der Waals surface area contributed by atoms with E-state index in [-0.39, 0.29) is 6.54 Å². The highest BCUT2D eigenvalue weighted by atomic mass is 19.1. The number of urea groups is 1. The zero-order valence-electron chi connectivity index (χ0n) is 15.3. The minimum Gasteiger partial charge on any atom is -0.466 e. The van der Waals surface area contributed by atoms with E-state index in [1.54, 1.807) is 45.0 Å². The van der Waals surface area contributed by atoms with Gasteiger partial charge in [-0.2, -0.15) is 0 Å². The lowest BCUT2D eigenvalue weighted by atomic mass is 9.92. The molecular weight excluding hydrogens is 353 g/mol. The van der Waals surface area contributed by atoms with Crippen molar-refractivity contribution in [1.29, 1.82) is 0 Å². The summed E-state index contributed by atoms with van der Waals surface area (Å²) >= 11 is 0. The van der Waals surface area contributed by atoms with Crippen molar-refractivity contribution in [3.05, 3.63) is 58.8 Å². The normalized spacial score (nSPS) is 19.3. The summed E-state index contributed by atoms with van der Waals surface area (Å²) < 4.78 is 19.1. The van der Waals surface area contributed by atoms with Crippen molar-refractivity contribution in [2.45, 2.75) is 32.9 Å².